The number of anilines is 1. The maximum absolute atomic E-state index is 12.6. The predicted molar refractivity (Wildman–Crippen MR) is 99.3 cm³/mol. The second kappa shape index (κ2) is 10.7. The molecule has 0 spiro atoms. The molecule has 0 bridgehead atoms. The maximum Gasteiger partial charge on any atom is 0.253 e. The van der Waals surface area contributed by atoms with Gasteiger partial charge in [-0.2, -0.15) is 0 Å². The van der Waals surface area contributed by atoms with Crippen LogP contribution in [0, 0.1) is 0 Å². The van der Waals surface area contributed by atoms with E-state index in [1.165, 1.54) is 0 Å². The number of nitrogens with one attached hydrogen (secondary N) is 1. The van der Waals surface area contributed by atoms with Crippen LogP contribution < -0.4 is 5.32 Å². The van der Waals surface area contributed by atoms with Crippen LogP contribution in [-0.4, -0.2) is 54.3 Å². The Balaban J connectivity index is 2.75. The summed E-state index contributed by atoms with van der Waals surface area (Å²) in [6.07, 6.45) is 1.89. The van der Waals surface area contributed by atoms with E-state index in [0.29, 0.717) is 18.7 Å². The molecule has 1 aromatic rings. The Kier molecular flexibility index (Phi) is 8.90. The minimum Gasteiger partial charge on any atom is -0.376 e. The van der Waals surface area contributed by atoms with Gasteiger partial charge in [-0.05, 0) is 44.9 Å². The Bertz CT molecular complexity index is 521. The van der Waals surface area contributed by atoms with E-state index in [-0.39, 0.29) is 18.4 Å². The lowest BCUT2D eigenvalue weighted by molar-refractivity contribution is -0.128. The molecule has 1 N–H and O–H groups in total. The van der Waals surface area contributed by atoms with Crippen LogP contribution in [0.4, 0.5) is 5.69 Å². The summed E-state index contributed by atoms with van der Waals surface area (Å²) in [7, 11) is 0. The van der Waals surface area contributed by atoms with Crippen LogP contribution >= 0.6 is 0 Å². The highest BCUT2D eigenvalue weighted by Gasteiger charge is 2.15. The van der Waals surface area contributed by atoms with Crippen LogP contribution in [0.2, 0.25) is 0 Å². The molecule has 24 heavy (non-hydrogen) atoms. The molecule has 1 rings (SSSR count). The molecule has 5 heteroatoms. The molecule has 0 unspecified atom stereocenters. The molecule has 134 valence electrons. The van der Waals surface area contributed by atoms with Gasteiger partial charge in [0.25, 0.3) is 5.91 Å². The number of likely N-dealkylation sites (N-methyl/N-ethyl adjacent to an activating group) is 1. The maximum atomic E-state index is 12.6. The van der Waals surface area contributed by atoms with Gasteiger partial charge in [0, 0.05) is 37.4 Å². The van der Waals surface area contributed by atoms with E-state index in [1.807, 2.05) is 43.0 Å². The summed E-state index contributed by atoms with van der Waals surface area (Å²) in [5, 5.41) is 3.13. The Morgan fingerprint density at radius 1 is 0.958 bits per heavy atom. The largest absolute Gasteiger partial charge is 0.376 e. The third-order valence-corrected chi connectivity index (χ3v) is 3.94. The second-order valence-corrected chi connectivity index (χ2v) is 5.79. The first-order chi connectivity index (χ1) is 11.6. The van der Waals surface area contributed by atoms with Gasteiger partial charge in [-0.25, -0.2) is 0 Å². The van der Waals surface area contributed by atoms with Gasteiger partial charge in [-0.3, -0.25) is 9.59 Å². The van der Waals surface area contributed by atoms with Crippen LogP contribution in [0.5, 0.6) is 0 Å². The molecular weight excluding hydrogens is 302 g/mol. The number of nitrogens with zero attached hydrogens (tertiary/aromatic N) is 2. The molecule has 0 heterocycles. The monoisotopic (exact) mass is 333 g/mol. The number of carbonyl (C=O) groups excluding carboxylic acids is 2. The normalized spacial score (nSPS) is 10.3. The van der Waals surface area contributed by atoms with Crippen LogP contribution in [0.25, 0.3) is 0 Å². The molecule has 2 amide bonds. The minimum atomic E-state index is 0.0532. The minimum absolute atomic E-state index is 0.0532. The van der Waals surface area contributed by atoms with Gasteiger partial charge < -0.3 is 15.1 Å². The van der Waals surface area contributed by atoms with E-state index in [4.69, 9.17) is 0 Å². The van der Waals surface area contributed by atoms with Crippen molar-refractivity contribution < 1.29 is 9.59 Å². The van der Waals surface area contributed by atoms with E-state index in [1.54, 1.807) is 4.90 Å². The van der Waals surface area contributed by atoms with E-state index >= 15 is 0 Å². The molecule has 0 fully saturated rings. The Morgan fingerprint density at radius 3 is 2.12 bits per heavy atom. The van der Waals surface area contributed by atoms with Crippen molar-refractivity contribution in [2.45, 2.75) is 40.5 Å². The van der Waals surface area contributed by atoms with Crippen molar-refractivity contribution in [3.63, 3.8) is 0 Å². The number of benzene rings is 1. The average molecular weight is 333 g/mol. The van der Waals surface area contributed by atoms with Crippen molar-refractivity contribution in [2.75, 3.05) is 38.0 Å². The molecule has 0 aromatic heterocycles. The number of hydrogen-bond acceptors (Lipinski definition) is 3. The van der Waals surface area contributed by atoms with Crippen LogP contribution in [0.1, 0.15) is 50.9 Å². The second-order valence-electron chi connectivity index (χ2n) is 5.79. The zero-order valence-corrected chi connectivity index (χ0v) is 15.5. The Hall–Kier alpha value is -2.04. The lowest BCUT2D eigenvalue weighted by atomic mass is 10.1. The fourth-order valence-corrected chi connectivity index (χ4v) is 2.67. The molecule has 5 nitrogen and oxygen atoms in total. The molecule has 0 aliphatic rings. The summed E-state index contributed by atoms with van der Waals surface area (Å²) in [6.45, 7) is 11.3. The fraction of sp³-hybridized carbons (Fsp3) is 0.579. The highest BCUT2D eigenvalue weighted by Crippen LogP contribution is 2.13. The summed E-state index contributed by atoms with van der Waals surface area (Å²) in [5.74, 6) is 0.118. The first-order valence-electron chi connectivity index (χ1n) is 8.98. The summed E-state index contributed by atoms with van der Waals surface area (Å²) < 4.78 is 0. The average Bonchev–Trinajstić information content (AvgIpc) is 2.60. The standard InChI is InChI=1S/C19H31N3O2/c1-5-12-22(13-6-2)19(24)16-10-9-11-17(14-16)20-15-18(23)21(7-3)8-4/h9-11,14,20H,5-8,12-13,15H2,1-4H3. The van der Waals surface area contributed by atoms with Crippen LogP contribution in [-0.2, 0) is 4.79 Å². The fourth-order valence-electron chi connectivity index (χ4n) is 2.67. The van der Waals surface area contributed by atoms with Crippen molar-refractivity contribution in [2.24, 2.45) is 0 Å². The summed E-state index contributed by atoms with van der Waals surface area (Å²) >= 11 is 0. The highest BCUT2D eigenvalue weighted by molar-refractivity contribution is 5.95. The molecule has 0 saturated heterocycles. The summed E-state index contributed by atoms with van der Waals surface area (Å²) in [6, 6.07) is 7.40. The highest BCUT2D eigenvalue weighted by atomic mass is 16.2. The molecular formula is C19H31N3O2. The third kappa shape index (κ3) is 5.87. The van der Waals surface area contributed by atoms with Crippen molar-refractivity contribution in [1.29, 1.82) is 0 Å². The molecule has 0 saturated carbocycles. The van der Waals surface area contributed by atoms with Gasteiger partial charge in [0.05, 0.1) is 6.54 Å². The smallest absolute Gasteiger partial charge is 0.253 e. The topological polar surface area (TPSA) is 52.7 Å². The molecule has 0 atom stereocenters. The van der Waals surface area contributed by atoms with Gasteiger partial charge >= 0.3 is 0 Å². The van der Waals surface area contributed by atoms with Crippen LogP contribution in [0.15, 0.2) is 24.3 Å². The zero-order valence-electron chi connectivity index (χ0n) is 15.5. The van der Waals surface area contributed by atoms with Gasteiger partial charge in [0.2, 0.25) is 5.91 Å². The van der Waals surface area contributed by atoms with E-state index < -0.39 is 0 Å². The SMILES string of the molecule is CCCN(CCC)C(=O)c1cccc(NCC(=O)N(CC)CC)c1. The predicted octanol–water partition coefficient (Wildman–Crippen LogP) is 3.23. The Labute approximate surface area is 146 Å². The summed E-state index contributed by atoms with van der Waals surface area (Å²) in [5.41, 5.74) is 1.46. The summed E-state index contributed by atoms with van der Waals surface area (Å²) in [4.78, 5) is 28.4. The van der Waals surface area contributed by atoms with Gasteiger partial charge in [-0.15, -0.1) is 0 Å². The molecule has 0 aliphatic heterocycles. The van der Waals surface area contributed by atoms with Gasteiger partial charge in [0.1, 0.15) is 0 Å². The first kappa shape index (κ1) is 20.0. The van der Waals surface area contributed by atoms with E-state index in [2.05, 4.69) is 19.2 Å². The van der Waals surface area contributed by atoms with Crippen molar-refractivity contribution in [3.8, 4) is 0 Å². The van der Waals surface area contributed by atoms with Gasteiger partial charge in [-0.1, -0.05) is 19.9 Å². The molecule has 0 radical (unpaired) electrons. The third-order valence-electron chi connectivity index (χ3n) is 3.94. The molecule has 0 aliphatic carbocycles. The lowest BCUT2D eigenvalue weighted by Crippen LogP contribution is -2.35. The number of hydrogen-bond donors (Lipinski definition) is 1. The first-order valence-corrected chi connectivity index (χ1v) is 8.98. The van der Waals surface area contributed by atoms with Crippen molar-refractivity contribution in [3.05, 3.63) is 29.8 Å². The Morgan fingerprint density at radius 2 is 1.58 bits per heavy atom. The quantitative estimate of drug-likeness (QED) is 0.715. The zero-order chi connectivity index (χ0) is 17.9. The van der Waals surface area contributed by atoms with Gasteiger partial charge in [0.15, 0.2) is 0 Å². The number of carbonyl (C=O) groups is 2. The van der Waals surface area contributed by atoms with E-state index in [9.17, 15) is 9.59 Å². The van der Waals surface area contributed by atoms with Crippen LogP contribution in [0.3, 0.4) is 0 Å². The number of rotatable bonds is 10. The van der Waals surface area contributed by atoms with E-state index in [0.717, 1.165) is 31.6 Å². The number of amides is 2. The molecule has 1 aromatic carbocycles. The van der Waals surface area contributed by atoms with Crippen molar-refractivity contribution in [1.82, 2.24) is 9.80 Å². The van der Waals surface area contributed by atoms with Crippen molar-refractivity contribution >= 4 is 17.5 Å². The lowest BCUT2D eigenvalue weighted by Gasteiger charge is -2.22.